The van der Waals surface area contributed by atoms with Gasteiger partial charge in [-0.25, -0.2) is 4.98 Å². The summed E-state index contributed by atoms with van der Waals surface area (Å²) >= 11 is 7.62. The van der Waals surface area contributed by atoms with Gasteiger partial charge in [-0.15, -0.1) is 0 Å². The normalized spacial score (nSPS) is 19.2. The third kappa shape index (κ3) is 4.03. The van der Waals surface area contributed by atoms with Gasteiger partial charge in [0.15, 0.2) is 5.16 Å². The zero-order valence-electron chi connectivity index (χ0n) is 16.7. The molecule has 0 bridgehead atoms. The fourth-order valence-corrected chi connectivity index (χ4v) is 5.37. The Hall–Kier alpha value is -1.99. The molecule has 0 saturated carbocycles. The standard InChI is InChI=1S/C21H25ClN4O2S/c1-3-18-14(2)23-21-26(20(18)28)12-15(13-29-21)19(27)25-9-7-24(8-10-25)17-6-4-5-16(22)11-17/h4-6,11,15H,3,7-10,12-13H2,1-2H3. The topological polar surface area (TPSA) is 58.4 Å². The van der Waals surface area contributed by atoms with Gasteiger partial charge in [-0.2, -0.15) is 0 Å². The van der Waals surface area contributed by atoms with Gasteiger partial charge < -0.3 is 9.80 Å². The number of hydrogen-bond acceptors (Lipinski definition) is 5. The van der Waals surface area contributed by atoms with Gasteiger partial charge in [0.25, 0.3) is 5.56 Å². The van der Waals surface area contributed by atoms with E-state index in [-0.39, 0.29) is 17.4 Å². The lowest BCUT2D eigenvalue weighted by molar-refractivity contribution is -0.135. The molecule has 1 fully saturated rings. The van der Waals surface area contributed by atoms with Crippen LogP contribution in [0, 0.1) is 12.8 Å². The van der Waals surface area contributed by atoms with Crippen molar-refractivity contribution in [2.45, 2.75) is 32.0 Å². The third-order valence-corrected chi connectivity index (χ3v) is 7.09. The number of carbonyl (C=O) groups excluding carboxylic acids is 1. The molecule has 0 N–H and O–H groups in total. The number of hydrogen-bond donors (Lipinski definition) is 0. The van der Waals surface area contributed by atoms with Crippen LogP contribution >= 0.6 is 23.4 Å². The van der Waals surface area contributed by atoms with Crippen molar-refractivity contribution in [3.63, 3.8) is 0 Å². The smallest absolute Gasteiger partial charge is 0.257 e. The second kappa shape index (κ2) is 8.40. The molecule has 2 aliphatic heterocycles. The molecule has 0 radical (unpaired) electrons. The first-order valence-electron chi connectivity index (χ1n) is 10.0. The molecule has 154 valence electrons. The van der Waals surface area contributed by atoms with Crippen LogP contribution in [-0.4, -0.2) is 52.3 Å². The second-order valence-corrected chi connectivity index (χ2v) is 8.95. The summed E-state index contributed by atoms with van der Waals surface area (Å²) in [6, 6.07) is 7.82. The van der Waals surface area contributed by atoms with Crippen molar-refractivity contribution in [3.05, 3.63) is 50.9 Å². The zero-order valence-corrected chi connectivity index (χ0v) is 18.3. The molecule has 29 heavy (non-hydrogen) atoms. The monoisotopic (exact) mass is 432 g/mol. The molecular formula is C21H25ClN4O2S. The van der Waals surface area contributed by atoms with Crippen molar-refractivity contribution in [1.29, 1.82) is 0 Å². The number of rotatable bonds is 3. The van der Waals surface area contributed by atoms with Crippen molar-refractivity contribution >= 4 is 35.0 Å². The van der Waals surface area contributed by atoms with Crippen LogP contribution in [0.15, 0.2) is 34.2 Å². The highest BCUT2D eigenvalue weighted by atomic mass is 35.5. The number of carbonyl (C=O) groups is 1. The van der Waals surface area contributed by atoms with Gasteiger partial charge in [0.1, 0.15) is 0 Å². The molecule has 6 nitrogen and oxygen atoms in total. The molecule has 3 heterocycles. The average Bonchev–Trinajstić information content (AvgIpc) is 2.73. The molecule has 2 aliphatic rings. The van der Waals surface area contributed by atoms with Crippen LogP contribution in [-0.2, 0) is 17.8 Å². The first-order chi connectivity index (χ1) is 14.0. The molecule has 2 aromatic rings. The Morgan fingerprint density at radius 3 is 2.72 bits per heavy atom. The highest BCUT2D eigenvalue weighted by Crippen LogP contribution is 2.28. The van der Waals surface area contributed by atoms with E-state index in [4.69, 9.17) is 11.6 Å². The van der Waals surface area contributed by atoms with E-state index in [1.807, 2.05) is 43.0 Å². The van der Waals surface area contributed by atoms with Crippen LogP contribution in [0.5, 0.6) is 0 Å². The van der Waals surface area contributed by atoms with Crippen LogP contribution in [0.3, 0.4) is 0 Å². The Balaban J connectivity index is 1.43. The molecule has 1 aromatic carbocycles. The minimum atomic E-state index is -0.183. The lowest BCUT2D eigenvalue weighted by Gasteiger charge is -2.38. The van der Waals surface area contributed by atoms with Crippen LogP contribution in [0.2, 0.25) is 5.02 Å². The summed E-state index contributed by atoms with van der Waals surface area (Å²) in [5.41, 5.74) is 2.65. The van der Waals surface area contributed by atoms with E-state index in [9.17, 15) is 9.59 Å². The van der Waals surface area contributed by atoms with E-state index in [1.54, 1.807) is 4.57 Å². The van der Waals surface area contributed by atoms with Gasteiger partial charge in [-0.05, 0) is 31.5 Å². The van der Waals surface area contributed by atoms with Gasteiger partial charge in [0, 0.05) is 60.4 Å². The summed E-state index contributed by atoms with van der Waals surface area (Å²) < 4.78 is 1.70. The highest BCUT2D eigenvalue weighted by Gasteiger charge is 2.32. The zero-order chi connectivity index (χ0) is 20.5. The predicted molar refractivity (Wildman–Crippen MR) is 117 cm³/mol. The molecule has 0 spiro atoms. The SMILES string of the molecule is CCc1c(C)nc2n(c1=O)CC(C(=O)N1CCN(c3cccc(Cl)c3)CC1)CS2. The van der Waals surface area contributed by atoms with Gasteiger partial charge >= 0.3 is 0 Å². The summed E-state index contributed by atoms with van der Waals surface area (Å²) in [4.78, 5) is 34.7. The van der Waals surface area contributed by atoms with Crippen LogP contribution < -0.4 is 10.5 Å². The fraction of sp³-hybridized carbons (Fsp3) is 0.476. The van der Waals surface area contributed by atoms with Crippen LogP contribution in [0.25, 0.3) is 0 Å². The number of anilines is 1. The van der Waals surface area contributed by atoms with Gasteiger partial charge in [0.2, 0.25) is 5.91 Å². The average molecular weight is 433 g/mol. The van der Waals surface area contributed by atoms with Crippen molar-refractivity contribution in [3.8, 4) is 0 Å². The molecule has 1 amide bonds. The Morgan fingerprint density at radius 2 is 2.03 bits per heavy atom. The van der Waals surface area contributed by atoms with Crippen molar-refractivity contribution in [2.75, 3.05) is 36.8 Å². The minimum Gasteiger partial charge on any atom is -0.368 e. The molecule has 8 heteroatoms. The van der Waals surface area contributed by atoms with E-state index in [0.29, 0.717) is 31.8 Å². The molecule has 1 aromatic heterocycles. The Labute approximate surface area is 179 Å². The first-order valence-corrected chi connectivity index (χ1v) is 11.4. The number of aromatic nitrogens is 2. The van der Waals surface area contributed by atoms with Crippen LogP contribution in [0.1, 0.15) is 18.2 Å². The first kappa shape index (κ1) is 20.3. The second-order valence-electron chi connectivity index (χ2n) is 7.53. The van der Waals surface area contributed by atoms with Crippen LogP contribution in [0.4, 0.5) is 5.69 Å². The summed E-state index contributed by atoms with van der Waals surface area (Å²) in [6.45, 7) is 7.21. The Morgan fingerprint density at radius 1 is 1.28 bits per heavy atom. The maximum Gasteiger partial charge on any atom is 0.257 e. The number of halogens is 1. The molecule has 4 rings (SSSR count). The largest absolute Gasteiger partial charge is 0.368 e. The lowest BCUT2D eigenvalue weighted by atomic mass is 10.1. The summed E-state index contributed by atoms with van der Waals surface area (Å²) in [5.74, 6) is 0.626. The number of aryl methyl sites for hydroxylation is 1. The maximum absolute atomic E-state index is 13.1. The summed E-state index contributed by atoms with van der Waals surface area (Å²) in [6.07, 6.45) is 0.659. The number of fused-ring (bicyclic) bond motifs is 1. The van der Waals surface area contributed by atoms with Gasteiger partial charge in [0.05, 0.1) is 5.92 Å². The number of amides is 1. The van der Waals surface area contributed by atoms with E-state index in [2.05, 4.69) is 9.88 Å². The number of benzene rings is 1. The fourth-order valence-electron chi connectivity index (χ4n) is 4.07. The van der Waals surface area contributed by atoms with E-state index >= 15 is 0 Å². The Bertz CT molecular complexity index is 985. The van der Waals surface area contributed by atoms with E-state index in [0.717, 1.165) is 40.2 Å². The Kier molecular flexibility index (Phi) is 5.88. The predicted octanol–water partition coefficient (Wildman–Crippen LogP) is 2.84. The summed E-state index contributed by atoms with van der Waals surface area (Å²) in [7, 11) is 0. The van der Waals surface area contributed by atoms with Crippen molar-refractivity contribution in [1.82, 2.24) is 14.5 Å². The quantitative estimate of drug-likeness (QED) is 0.698. The van der Waals surface area contributed by atoms with Gasteiger partial charge in [-0.3, -0.25) is 14.2 Å². The molecule has 0 aliphatic carbocycles. The van der Waals surface area contributed by atoms with Gasteiger partial charge in [-0.1, -0.05) is 36.4 Å². The summed E-state index contributed by atoms with van der Waals surface area (Å²) in [5, 5.41) is 1.46. The number of thioether (sulfide) groups is 1. The third-order valence-electron chi connectivity index (χ3n) is 5.72. The molecule has 1 unspecified atom stereocenters. The molecule has 1 saturated heterocycles. The minimum absolute atomic E-state index is 0.00535. The van der Waals surface area contributed by atoms with Crippen molar-refractivity contribution < 1.29 is 4.79 Å². The van der Waals surface area contributed by atoms with Crippen molar-refractivity contribution in [2.24, 2.45) is 5.92 Å². The molecular weight excluding hydrogens is 408 g/mol. The maximum atomic E-state index is 13.1. The highest BCUT2D eigenvalue weighted by molar-refractivity contribution is 7.99. The van der Waals surface area contributed by atoms with E-state index in [1.165, 1.54) is 11.8 Å². The number of nitrogens with zero attached hydrogens (tertiary/aromatic N) is 4. The lowest BCUT2D eigenvalue weighted by Crippen LogP contribution is -2.52. The van der Waals surface area contributed by atoms with E-state index < -0.39 is 0 Å². The number of piperazine rings is 1. The molecule has 1 atom stereocenters.